The molecule has 0 radical (unpaired) electrons. The molecule has 7 nitrogen and oxygen atoms in total. The number of hydrogen-bond acceptors (Lipinski definition) is 4. The van der Waals surface area contributed by atoms with Crippen LogP contribution in [-0.4, -0.2) is 41.9 Å². The quantitative estimate of drug-likeness (QED) is 0.823. The Bertz CT molecular complexity index is 803. The lowest BCUT2D eigenvalue weighted by atomic mass is 10.0. The highest BCUT2D eigenvalue weighted by Crippen LogP contribution is 2.27. The maximum Gasteiger partial charge on any atom is 0.223 e. The third-order valence-electron chi connectivity index (χ3n) is 5.41. The van der Waals surface area contributed by atoms with Gasteiger partial charge in [-0.15, -0.1) is 10.2 Å². The minimum atomic E-state index is 0.188. The third kappa shape index (κ3) is 3.52. The predicted molar refractivity (Wildman–Crippen MR) is 99.7 cm³/mol. The van der Waals surface area contributed by atoms with E-state index in [9.17, 15) is 4.79 Å². The summed E-state index contributed by atoms with van der Waals surface area (Å²) in [6, 6.07) is 0.263. The maximum atomic E-state index is 12.9. The normalized spacial score (nSPS) is 17.0. The molecule has 1 aliphatic rings. The Labute approximate surface area is 155 Å². The second-order valence-corrected chi connectivity index (χ2v) is 7.86. The lowest BCUT2D eigenvalue weighted by molar-refractivity contribution is -0.133. The summed E-state index contributed by atoms with van der Waals surface area (Å²) in [6.45, 7) is 11.8. The highest BCUT2D eigenvalue weighted by atomic mass is 16.2. The van der Waals surface area contributed by atoms with Crippen molar-refractivity contribution < 1.29 is 4.79 Å². The minimum absolute atomic E-state index is 0.188. The summed E-state index contributed by atoms with van der Waals surface area (Å²) in [5, 5.41) is 13.0. The predicted octanol–water partition coefficient (Wildman–Crippen LogP) is 2.50. The van der Waals surface area contributed by atoms with Crippen molar-refractivity contribution in [2.75, 3.05) is 6.54 Å². The second kappa shape index (κ2) is 7.21. The molecule has 2 aromatic rings. The number of fused-ring (bicyclic) bond motifs is 1. The lowest BCUT2D eigenvalue weighted by Crippen LogP contribution is -2.42. The van der Waals surface area contributed by atoms with Crippen molar-refractivity contribution >= 4 is 5.91 Å². The highest BCUT2D eigenvalue weighted by molar-refractivity contribution is 5.76. The Kier molecular flexibility index (Phi) is 5.16. The third-order valence-corrected chi connectivity index (χ3v) is 5.41. The molecule has 1 atom stereocenters. The van der Waals surface area contributed by atoms with E-state index < -0.39 is 0 Å². The van der Waals surface area contributed by atoms with Crippen LogP contribution < -0.4 is 0 Å². The fourth-order valence-electron chi connectivity index (χ4n) is 4.05. The van der Waals surface area contributed by atoms with Crippen LogP contribution in [0.3, 0.4) is 0 Å². The average Bonchev–Trinajstić information content (AvgIpc) is 3.05. The van der Waals surface area contributed by atoms with Crippen LogP contribution in [0.2, 0.25) is 0 Å². The van der Waals surface area contributed by atoms with Crippen molar-refractivity contribution in [3.05, 3.63) is 28.6 Å². The molecule has 0 unspecified atom stereocenters. The monoisotopic (exact) mass is 358 g/mol. The molecule has 7 heteroatoms. The van der Waals surface area contributed by atoms with Gasteiger partial charge in [0, 0.05) is 25.7 Å². The van der Waals surface area contributed by atoms with Crippen LogP contribution >= 0.6 is 0 Å². The number of hydrogen-bond donors (Lipinski definition) is 0. The Morgan fingerprint density at radius 1 is 1.23 bits per heavy atom. The molecule has 1 aliphatic heterocycles. The van der Waals surface area contributed by atoms with Crippen molar-refractivity contribution in [2.45, 2.75) is 66.5 Å². The summed E-state index contributed by atoms with van der Waals surface area (Å²) in [7, 11) is 1.95. The van der Waals surface area contributed by atoms with Gasteiger partial charge in [0.2, 0.25) is 5.91 Å². The van der Waals surface area contributed by atoms with Crippen molar-refractivity contribution in [1.82, 2.24) is 29.4 Å². The average molecular weight is 358 g/mol. The molecule has 2 aromatic heterocycles. The molecule has 0 fully saturated rings. The van der Waals surface area contributed by atoms with E-state index in [1.165, 1.54) is 5.56 Å². The number of carbonyl (C=O) groups is 1. The van der Waals surface area contributed by atoms with E-state index in [0.717, 1.165) is 42.4 Å². The second-order valence-electron chi connectivity index (χ2n) is 7.86. The first-order chi connectivity index (χ1) is 12.3. The van der Waals surface area contributed by atoms with Gasteiger partial charge in [-0.05, 0) is 45.1 Å². The van der Waals surface area contributed by atoms with Gasteiger partial charge in [-0.25, -0.2) is 0 Å². The number of amides is 1. The Morgan fingerprint density at radius 2 is 1.96 bits per heavy atom. The largest absolute Gasteiger partial charge is 0.333 e. The smallest absolute Gasteiger partial charge is 0.223 e. The molecule has 142 valence electrons. The summed E-state index contributed by atoms with van der Waals surface area (Å²) in [5.74, 6) is 2.60. The molecule has 0 aromatic carbocycles. The molecular formula is C19H30N6O. The van der Waals surface area contributed by atoms with Gasteiger partial charge in [0.05, 0.1) is 18.3 Å². The number of carbonyl (C=O) groups excluding carboxylic acids is 1. The fourth-order valence-corrected chi connectivity index (χ4v) is 4.05. The summed E-state index contributed by atoms with van der Waals surface area (Å²) in [4.78, 5) is 14.8. The van der Waals surface area contributed by atoms with Crippen molar-refractivity contribution in [2.24, 2.45) is 13.0 Å². The number of rotatable bonds is 5. The molecule has 0 saturated heterocycles. The van der Waals surface area contributed by atoms with Crippen molar-refractivity contribution in [1.29, 1.82) is 0 Å². The van der Waals surface area contributed by atoms with E-state index in [1.54, 1.807) is 0 Å². The molecule has 0 saturated carbocycles. The zero-order valence-corrected chi connectivity index (χ0v) is 16.8. The summed E-state index contributed by atoms with van der Waals surface area (Å²) >= 11 is 0. The van der Waals surface area contributed by atoms with E-state index >= 15 is 0 Å². The summed E-state index contributed by atoms with van der Waals surface area (Å²) < 4.78 is 4.11. The van der Waals surface area contributed by atoms with E-state index in [0.29, 0.717) is 18.9 Å². The maximum absolute atomic E-state index is 12.9. The van der Waals surface area contributed by atoms with Crippen LogP contribution in [0, 0.1) is 26.7 Å². The van der Waals surface area contributed by atoms with Gasteiger partial charge in [-0.3, -0.25) is 9.48 Å². The molecule has 0 N–H and O–H groups in total. The zero-order chi connectivity index (χ0) is 19.0. The van der Waals surface area contributed by atoms with E-state index in [2.05, 4.69) is 40.6 Å². The van der Waals surface area contributed by atoms with E-state index in [1.807, 2.05) is 30.5 Å². The molecule has 0 bridgehead atoms. The van der Waals surface area contributed by atoms with Crippen LogP contribution in [0.1, 0.15) is 61.3 Å². The van der Waals surface area contributed by atoms with Gasteiger partial charge >= 0.3 is 0 Å². The first-order valence-corrected chi connectivity index (χ1v) is 9.45. The standard InChI is InChI=1S/C19H30N6O/c1-12(2)9-16-10-24(11-18-21-20-15(5)25(16)18)19(26)8-7-17-13(3)22-23(6)14(17)4/h12,16H,7-11H2,1-6H3/t16-/m0/s1. The first kappa shape index (κ1) is 18.6. The Balaban J connectivity index is 1.72. The minimum Gasteiger partial charge on any atom is -0.333 e. The first-order valence-electron chi connectivity index (χ1n) is 9.45. The van der Waals surface area contributed by atoms with Gasteiger partial charge < -0.3 is 9.47 Å². The topological polar surface area (TPSA) is 68.8 Å². The van der Waals surface area contributed by atoms with Crippen molar-refractivity contribution in [3.8, 4) is 0 Å². The molecule has 3 rings (SSSR count). The Morgan fingerprint density at radius 3 is 2.58 bits per heavy atom. The molecule has 0 aliphatic carbocycles. The lowest BCUT2D eigenvalue weighted by Gasteiger charge is -2.35. The van der Waals surface area contributed by atoms with E-state index in [-0.39, 0.29) is 11.9 Å². The van der Waals surface area contributed by atoms with E-state index in [4.69, 9.17) is 0 Å². The van der Waals surface area contributed by atoms with Crippen molar-refractivity contribution in [3.63, 3.8) is 0 Å². The van der Waals surface area contributed by atoms with Crippen LogP contribution in [0.4, 0.5) is 0 Å². The van der Waals surface area contributed by atoms with Crippen LogP contribution in [0.25, 0.3) is 0 Å². The van der Waals surface area contributed by atoms with Gasteiger partial charge in [-0.2, -0.15) is 5.10 Å². The Hall–Kier alpha value is -2.18. The number of nitrogens with zero attached hydrogens (tertiary/aromatic N) is 6. The van der Waals surface area contributed by atoms with Crippen LogP contribution in [-0.2, 0) is 24.8 Å². The number of aromatic nitrogens is 5. The van der Waals surface area contributed by atoms with Gasteiger partial charge in [0.25, 0.3) is 0 Å². The van der Waals surface area contributed by atoms with Crippen LogP contribution in [0.5, 0.6) is 0 Å². The van der Waals surface area contributed by atoms with Gasteiger partial charge in [-0.1, -0.05) is 13.8 Å². The fraction of sp³-hybridized carbons (Fsp3) is 0.684. The molecule has 3 heterocycles. The molecular weight excluding hydrogens is 328 g/mol. The SMILES string of the molecule is Cc1nn(C)c(C)c1CCC(=O)N1Cc2nnc(C)n2[C@@H](CC(C)C)C1. The van der Waals surface area contributed by atoms with Crippen LogP contribution in [0.15, 0.2) is 0 Å². The van der Waals surface area contributed by atoms with Gasteiger partial charge in [0.1, 0.15) is 5.82 Å². The zero-order valence-electron chi connectivity index (χ0n) is 16.8. The highest BCUT2D eigenvalue weighted by Gasteiger charge is 2.30. The molecule has 1 amide bonds. The molecule has 0 spiro atoms. The summed E-state index contributed by atoms with van der Waals surface area (Å²) in [6.07, 6.45) is 2.27. The number of aryl methyl sites for hydroxylation is 3. The molecule has 26 heavy (non-hydrogen) atoms. The van der Waals surface area contributed by atoms with Gasteiger partial charge in [0.15, 0.2) is 5.82 Å². The summed E-state index contributed by atoms with van der Waals surface area (Å²) in [5.41, 5.74) is 3.35.